The first-order chi connectivity index (χ1) is 9.54. The monoisotopic (exact) mass is 333 g/mol. The molecular weight excluding hydrogens is 321 g/mol. The van der Waals surface area contributed by atoms with Crippen molar-refractivity contribution in [3.63, 3.8) is 0 Å². The number of aryl methyl sites for hydroxylation is 1. The molecule has 0 fully saturated rings. The first-order valence-corrected chi connectivity index (χ1v) is 7.04. The van der Waals surface area contributed by atoms with Crippen molar-refractivity contribution in [2.45, 2.75) is 13.0 Å². The van der Waals surface area contributed by atoms with Crippen LogP contribution in [0.15, 0.2) is 51.4 Å². The summed E-state index contributed by atoms with van der Waals surface area (Å²) in [6.45, 7) is 2.03. The van der Waals surface area contributed by atoms with E-state index in [2.05, 4.69) is 22.0 Å². The van der Waals surface area contributed by atoms with Crippen molar-refractivity contribution >= 4 is 26.9 Å². The molecular formula is C16H13BrFNO. The highest BCUT2D eigenvalue weighted by molar-refractivity contribution is 9.10. The molecule has 2 nitrogen and oxygen atoms in total. The number of hydrogen-bond acceptors (Lipinski definition) is 2. The molecule has 2 N–H and O–H groups in total. The molecule has 1 aromatic heterocycles. The number of fused-ring (bicyclic) bond motifs is 1. The summed E-state index contributed by atoms with van der Waals surface area (Å²) in [7, 11) is 0. The lowest BCUT2D eigenvalue weighted by Crippen LogP contribution is -2.10. The van der Waals surface area contributed by atoms with Crippen molar-refractivity contribution in [2.24, 2.45) is 5.73 Å². The van der Waals surface area contributed by atoms with Gasteiger partial charge in [-0.1, -0.05) is 17.7 Å². The molecule has 20 heavy (non-hydrogen) atoms. The second-order valence-corrected chi connectivity index (χ2v) is 5.70. The fourth-order valence-corrected chi connectivity index (χ4v) is 2.60. The van der Waals surface area contributed by atoms with E-state index in [4.69, 9.17) is 10.2 Å². The van der Waals surface area contributed by atoms with Crippen LogP contribution in [0.4, 0.5) is 4.39 Å². The SMILES string of the molecule is Cc1ccc2oc(C(N)c3ccc(F)c(Br)c3)cc2c1. The molecule has 0 radical (unpaired) electrons. The van der Waals surface area contributed by atoms with Crippen LogP contribution in [-0.4, -0.2) is 0 Å². The molecule has 0 saturated carbocycles. The van der Waals surface area contributed by atoms with Gasteiger partial charge in [0.1, 0.15) is 17.2 Å². The van der Waals surface area contributed by atoms with E-state index in [1.807, 2.05) is 25.1 Å². The Hall–Kier alpha value is -1.65. The van der Waals surface area contributed by atoms with E-state index in [1.54, 1.807) is 12.1 Å². The van der Waals surface area contributed by atoms with E-state index in [9.17, 15) is 4.39 Å². The number of benzene rings is 2. The third-order valence-electron chi connectivity index (χ3n) is 3.30. The Morgan fingerprint density at radius 3 is 2.70 bits per heavy atom. The van der Waals surface area contributed by atoms with Gasteiger partial charge in [0.2, 0.25) is 0 Å². The highest BCUT2D eigenvalue weighted by Gasteiger charge is 2.15. The maximum absolute atomic E-state index is 13.3. The average Bonchev–Trinajstić information content (AvgIpc) is 2.84. The van der Waals surface area contributed by atoms with Gasteiger partial charge in [0.15, 0.2) is 0 Å². The van der Waals surface area contributed by atoms with Crippen molar-refractivity contribution in [1.82, 2.24) is 0 Å². The molecule has 0 amide bonds. The molecule has 0 bridgehead atoms. The summed E-state index contributed by atoms with van der Waals surface area (Å²) in [5, 5.41) is 1.02. The standard InChI is InChI=1S/C16H13BrFNO/c1-9-2-5-14-11(6-9)8-15(20-14)16(19)10-3-4-13(18)12(17)7-10/h2-8,16H,19H2,1H3. The van der Waals surface area contributed by atoms with Gasteiger partial charge in [0.25, 0.3) is 0 Å². The Bertz CT molecular complexity index is 781. The van der Waals surface area contributed by atoms with E-state index in [1.165, 1.54) is 11.6 Å². The average molecular weight is 334 g/mol. The zero-order valence-corrected chi connectivity index (χ0v) is 12.4. The van der Waals surface area contributed by atoms with Crippen LogP contribution in [0.1, 0.15) is 22.9 Å². The molecule has 0 spiro atoms. The van der Waals surface area contributed by atoms with Crippen LogP contribution < -0.4 is 5.73 Å². The van der Waals surface area contributed by atoms with Crippen molar-refractivity contribution in [1.29, 1.82) is 0 Å². The maximum atomic E-state index is 13.3. The molecule has 1 unspecified atom stereocenters. The lowest BCUT2D eigenvalue weighted by Gasteiger charge is -2.09. The van der Waals surface area contributed by atoms with Gasteiger partial charge in [-0.25, -0.2) is 4.39 Å². The van der Waals surface area contributed by atoms with Gasteiger partial charge in [0, 0.05) is 5.39 Å². The molecule has 3 aromatic rings. The van der Waals surface area contributed by atoms with E-state index < -0.39 is 6.04 Å². The fourth-order valence-electron chi connectivity index (χ4n) is 2.21. The van der Waals surface area contributed by atoms with Crippen LogP contribution >= 0.6 is 15.9 Å². The summed E-state index contributed by atoms with van der Waals surface area (Å²) in [6, 6.07) is 12.2. The minimum Gasteiger partial charge on any atom is -0.459 e. The topological polar surface area (TPSA) is 39.2 Å². The van der Waals surface area contributed by atoms with Crippen molar-refractivity contribution in [2.75, 3.05) is 0 Å². The zero-order chi connectivity index (χ0) is 14.3. The van der Waals surface area contributed by atoms with Gasteiger partial charge in [-0.2, -0.15) is 0 Å². The second kappa shape index (κ2) is 5.04. The lowest BCUT2D eigenvalue weighted by atomic mass is 10.1. The summed E-state index contributed by atoms with van der Waals surface area (Å²) in [6.07, 6.45) is 0. The van der Waals surface area contributed by atoms with Gasteiger partial charge in [-0.15, -0.1) is 0 Å². The Morgan fingerprint density at radius 1 is 1.15 bits per heavy atom. The summed E-state index contributed by atoms with van der Waals surface area (Å²) in [5.41, 5.74) is 8.98. The lowest BCUT2D eigenvalue weighted by molar-refractivity contribution is 0.524. The van der Waals surface area contributed by atoms with Gasteiger partial charge in [-0.05, 0) is 58.7 Å². The van der Waals surface area contributed by atoms with Crippen molar-refractivity contribution < 1.29 is 8.81 Å². The molecule has 4 heteroatoms. The maximum Gasteiger partial charge on any atom is 0.137 e. The van der Waals surface area contributed by atoms with Gasteiger partial charge < -0.3 is 10.2 Å². The quantitative estimate of drug-likeness (QED) is 0.738. The molecule has 1 heterocycles. The largest absolute Gasteiger partial charge is 0.459 e. The molecule has 0 aliphatic carbocycles. The number of hydrogen-bond donors (Lipinski definition) is 1. The number of furan rings is 1. The molecule has 0 aliphatic rings. The third-order valence-corrected chi connectivity index (χ3v) is 3.91. The molecule has 102 valence electrons. The smallest absolute Gasteiger partial charge is 0.137 e. The van der Waals surface area contributed by atoms with Crippen molar-refractivity contribution in [3.05, 3.63) is 69.6 Å². The minimum absolute atomic E-state index is 0.304. The van der Waals surface area contributed by atoms with E-state index in [0.29, 0.717) is 10.2 Å². The molecule has 0 aliphatic heterocycles. The summed E-state index contributed by atoms with van der Waals surface area (Å²) >= 11 is 3.17. The van der Waals surface area contributed by atoms with E-state index >= 15 is 0 Å². The predicted octanol–water partition coefficient (Wildman–Crippen LogP) is 4.69. The van der Waals surface area contributed by atoms with E-state index in [0.717, 1.165) is 16.5 Å². The zero-order valence-electron chi connectivity index (χ0n) is 10.9. The molecule has 3 rings (SSSR count). The third kappa shape index (κ3) is 2.37. The number of rotatable bonds is 2. The highest BCUT2D eigenvalue weighted by atomic mass is 79.9. The highest BCUT2D eigenvalue weighted by Crippen LogP contribution is 2.29. The second-order valence-electron chi connectivity index (χ2n) is 4.84. The minimum atomic E-state index is -0.417. The number of nitrogens with two attached hydrogens (primary N) is 1. The first kappa shape index (κ1) is 13.3. The Morgan fingerprint density at radius 2 is 1.95 bits per heavy atom. The molecule has 0 saturated heterocycles. The van der Waals surface area contributed by atoms with Gasteiger partial charge in [0.05, 0.1) is 10.5 Å². The molecule has 1 atom stereocenters. The normalized spacial score (nSPS) is 12.8. The number of halogens is 2. The summed E-state index contributed by atoms with van der Waals surface area (Å²) < 4.78 is 19.4. The summed E-state index contributed by atoms with van der Waals surface area (Å²) in [5.74, 6) is 0.366. The fraction of sp³-hybridized carbons (Fsp3) is 0.125. The van der Waals surface area contributed by atoms with Crippen LogP contribution in [0.5, 0.6) is 0 Å². The predicted molar refractivity (Wildman–Crippen MR) is 81.1 cm³/mol. The van der Waals surface area contributed by atoms with Crippen LogP contribution in [0, 0.1) is 12.7 Å². The van der Waals surface area contributed by atoms with Crippen molar-refractivity contribution in [3.8, 4) is 0 Å². The Balaban J connectivity index is 2.02. The van der Waals surface area contributed by atoms with Crippen LogP contribution in [0.3, 0.4) is 0 Å². The van der Waals surface area contributed by atoms with Crippen LogP contribution in [-0.2, 0) is 0 Å². The van der Waals surface area contributed by atoms with Crippen LogP contribution in [0.2, 0.25) is 0 Å². The Kier molecular flexibility index (Phi) is 3.36. The Labute approximate surface area is 124 Å². The first-order valence-electron chi connectivity index (χ1n) is 6.25. The van der Waals surface area contributed by atoms with E-state index in [-0.39, 0.29) is 5.82 Å². The summed E-state index contributed by atoms with van der Waals surface area (Å²) in [4.78, 5) is 0. The van der Waals surface area contributed by atoms with Crippen LogP contribution in [0.25, 0.3) is 11.0 Å². The van der Waals surface area contributed by atoms with Gasteiger partial charge in [-0.3, -0.25) is 0 Å². The molecule has 2 aromatic carbocycles. The van der Waals surface area contributed by atoms with Gasteiger partial charge >= 0.3 is 0 Å².